The second-order valence-electron chi connectivity index (χ2n) is 6.52. The van der Waals surface area contributed by atoms with E-state index in [1.165, 1.54) is 6.07 Å². The Bertz CT molecular complexity index is 1110. The number of rotatable bonds is 5. The van der Waals surface area contributed by atoms with E-state index in [2.05, 4.69) is 10.6 Å². The molecule has 1 aliphatic rings. The molecular formula is C22H16Cl2N2O4. The van der Waals surface area contributed by atoms with Crippen LogP contribution in [0.3, 0.4) is 0 Å². The van der Waals surface area contributed by atoms with Gasteiger partial charge in [0, 0.05) is 16.3 Å². The summed E-state index contributed by atoms with van der Waals surface area (Å²) in [5.74, 6) is 0.212. The molecule has 0 saturated heterocycles. The monoisotopic (exact) mass is 442 g/mol. The standard InChI is InChI=1S/C22H16Cl2N2O4/c23-14-6-8-18(16(24)10-14)29-12-20(27)25-15-7-9-19-17(11-15)26-22(28)21(30-19)13-4-2-1-3-5-13/h1-11,21H,12H2,(H,25,27)(H,26,28). The first-order valence-corrected chi connectivity index (χ1v) is 9.79. The molecule has 4 rings (SSSR count). The van der Waals surface area contributed by atoms with Crippen molar-refractivity contribution in [1.82, 2.24) is 0 Å². The van der Waals surface area contributed by atoms with Crippen LogP contribution in [-0.4, -0.2) is 18.4 Å². The summed E-state index contributed by atoms with van der Waals surface area (Å²) in [6.07, 6.45) is -0.725. The van der Waals surface area contributed by atoms with Crippen LogP contribution in [0.2, 0.25) is 10.0 Å². The molecule has 3 aromatic rings. The van der Waals surface area contributed by atoms with Crippen LogP contribution in [0.25, 0.3) is 0 Å². The number of benzene rings is 3. The predicted octanol–water partition coefficient (Wildman–Crippen LogP) is 5.08. The largest absolute Gasteiger partial charge is 0.482 e. The van der Waals surface area contributed by atoms with Crippen LogP contribution in [0.4, 0.5) is 11.4 Å². The third-order valence-electron chi connectivity index (χ3n) is 4.36. The van der Waals surface area contributed by atoms with E-state index in [9.17, 15) is 9.59 Å². The number of anilines is 2. The molecule has 0 aliphatic carbocycles. The van der Waals surface area contributed by atoms with E-state index in [1.807, 2.05) is 30.3 Å². The van der Waals surface area contributed by atoms with Crippen LogP contribution in [0.5, 0.6) is 11.5 Å². The smallest absolute Gasteiger partial charge is 0.270 e. The van der Waals surface area contributed by atoms with Crippen molar-refractivity contribution < 1.29 is 19.1 Å². The number of hydrogen-bond acceptors (Lipinski definition) is 4. The number of nitrogens with one attached hydrogen (secondary N) is 2. The molecule has 0 spiro atoms. The van der Waals surface area contributed by atoms with Crippen molar-refractivity contribution in [2.75, 3.05) is 17.2 Å². The van der Waals surface area contributed by atoms with Crippen LogP contribution in [-0.2, 0) is 9.59 Å². The highest BCUT2D eigenvalue weighted by molar-refractivity contribution is 6.35. The van der Waals surface area contributed by atoms with Crippen LogP contribution < -0.4 is 20.1 Å². The first-order chi connectivity index (χ1) is 14.5. The summed E-state index contributed by atoms with van der Waals surface area (Å²) in [7, 11) is 0. The highest BCUT2D eigenvalue weighted by atomic mass is 35.5. The zero-order valence-corrected chi connectivity index (χ0v) is 17.0. The fourth-order valence-electron chi connectivity index (χ4n) is 2.97. The lowest BCUT2D eigenvalue weighted by molar-refractivity contribution is -0.123. The van der Waals surface area contributed by atoms with Gasteiger partial charge in [-0.1, -0.05) is 53.5 Å². The van der Waals surface area contributed by atoms with Crippen LogP contribution in [0, 0.1) is 0 Å². The van der Waals surface area contributed by atoms with Gasteiger partial charge in [0.05, 0.1) is 10.7 Å². The second-order valence-corrected chi connectivity index (χ2v) is 7.36. The molecule has 2 amide bonds. The Morgan fingerprint density at radius 2 is 1.87 bits per heavy atom. The number of fused-ring (bicyclic) bond motifs is 1. The number of carbonyl (C=O) groups excluding carboxylic acids is 2. The number of hydrogen-bond donors (Lipinski definition) is 2. The van der Waals surface area contributed by atoms with Crippen LogP contribution >= 0.6 is 23.2 Å². The summed E-state index contributed by atoms with van der Waals surface area (Å²) in [5.41, 5.74) is 1.73. The van der Waals surface area contributed by atoms with Gasteiger partial charge in [-0.15, -0.1) is 0 Å². The van der Waals surface area contributed by atoms with Crippen LogP contribution in [0.1, 0.15) is 11.7 Å². The molecule has 3 aromatic carbocycles. The molecule has 8 heteroatoms. The van der Waals surface area contributed by atoms with Gasteiger partial charge in [-0.3, -0.25) is 9.59 Å². The quantitative estimate of drug-likeness (QED) is 0.577. The number of carbonyl (C=O) groups is 2. The minimum Gasteiger partial charge on any atom is -0.482 e. The highest BCUT2D eigenvalue weighted by Crippen LogP contribution is 2.36. The average Bonchev–Trinajstić information content (AvgIpc) is 2.73. The minimum absolute atomic E-state index is 0.239. The Morgan fingerprint density at radius 1 is 1.07 bits per heavy atom. The SMILES string of the molecule is O=C(COc1ccc(Cl)cc1Cl)Nc1ccc2c(c1)NC(=O)C(c1ccccc1)O2. The van der Waals surface area contributed by atoms with Gasteiger partial charge in [0.25, 0.3) is 11.8 Å². The van der Waals surface area contributed by atoms with Gasteiger partial charge in [-0.2, -0.15) is 0 Å². The molecule has 0 bridgehead atoms. The Hall–Kier alpha value is -3.22. The third kappa shape index (κ3) is 4.50. The lowest BCUT2D eigenvalue weighted by Gasteiger charge is -2.26. The Labute approximate surface area is 182 Å². The van der Waals surface area contributed by atoms with Crippen molar-refractivity contribution in [1.29, 1.82) is 0 Å². The molecule has 0 saturated carbocycles. The molecule has 1 heterocycles. The van der Waals surface area contributed by atoms with Crippen LogP contribution in [0.15, 0.2) is 66.7 Å². The van der Waals surface area contributed by atoms with Crippen molar-refractivity contribution >= 4 is 46.4 Å². The van der Waals surface area contributed by atoms with Gasteiger partial charge < -0.3 is 20.1 Å². The maximum atomic E-state index is 12.4. The first kappa shape index (κ1) is 20.1. The van der Waals surface area contributed by atoms with Crippen molar-refractivity contribution in [3.8, 4) is 11.5 Å². The molecule has 6 nitrogen and oxygen atoms in total. The second kappa shape index (κ2) is 8.65. The fourth-order valence-corrected chi connectivity index (χ4v) is 3.43. The Balaban J connectivity index is 1.40. The molecule has 0 radical (unpaired) electrons. The van der Waals surface area contributed by atoms with Gasteiger partial charge in [-0.05, 0) is 36.4 Å². The van der Waals surface area contributed by atoms with Crippen molar-refractivity contribution in [3.05, 3.63) is 82.3 Å². The van der Waals surface area contributed by atoms with Gasteiger partial charge >= 0.3 is 0 Å². The van der Waals surface area contributed by atoms with E-state index < -0.39 is 6.10 Å². The molecule has 2 N–H and O–H groups in total. The highest BCUT2D eigenvalue weighted by Gasteiger charge is 2.29. The van der Waals surface area contributed by atoms with E-state index in [4.69, 9.17) is 32.7 Å². The predicted molar refractivity (Wildman–Crippen MR) is 115 cm³/mol. The minimum atomic E-state index is -0.725. The lowest BCUT2D eigenvalue weighted by Crippen LogP contribution is -2.30. The first-order valence-electron chi connectivity index (χ1n) is 9.04. The fraction of sp³-hybridized carbons (Fsp3) is 0.0909. The number of amides is 2. The van der Waals surface area contributed by atoms with Crippen molar-refractivity contribution in [2.45, 2.75) is 6.10 Å². The number of halogens is 2. The van der Waals surface area contributed by atoms with E-state index in [0.29, 0.717) is 32.9 Å². The molecule has 1 aliphatic heterocycles. The molecule has 30 heavy (non-hydrogen) atoms. The number of ether oxygens (including phenoxy) is 2. The lowest BCUT2D eigenvalue weighted by atomic mass is 10.1. The molecule has 0 fully saturated rings. The summed E-state index contributed by atoms with van der Waals surface area (Å²) in [6, 6.07) is 19.0. The van der Waals surface area contributed by atoms with Crippen molar-refractivity contribution in [3.63, 3.8) is 0 Å². The zero-order chi connectivity index (χ0) is 21.1. The summed E-state index contributed by atoms with van der Waals surface area (Å²) < 4.78 is 11.3. The summed E-state index contributed by atoms with van der Waals surface area (Å²) in [6.45, 7) is -0.239. The van der Waals surface area contributed by atoms with Gasteiger partial charge in [0.15, 0.2) is 6.61 Å². The van der Waals surface area contributed by atoms with Gasteiger partial charge in [0.2, 0.25) is 6.10 Å². The molecular weight excluding hydrogens is 427 g/mol. The summed E-state index contributed by atoms with van der Waals surface area (Å²) >= 11 is 11.9. The van der Waals surface area contributed by atoms with E-state index in [0.717, 1.165) is 5.56 Å². The molecule has 1 atom stereocenters. The molecule has 1 unspecified atom stereocenters. The summed E-state index contributed by atoms with van der Waals surface area (Å²) in [4.78, 5) is 24.7. The van der Waals surface area contributed by atoms with Gasteiger partial charge in [0.1, 0.15) is 11.5 Å². The summed E-state index contributed by atoms with van der Waals surface area (Å²) in [5, 5.41) is 6.32. The average molecular weight is 443 g/mol. The topological polar surface area (TPSA) is 76.7 Å². The normalized spacial score (nSPS) is 14.9. The maximum Gasteiger partial charge on any atom is 0.270 e. The van der Waals surface area contributed by atoms with Crippen molar-refractivity contribution in [2.24, 2.45) is 0 Å². The Kier molecular flexibility index (Phi) is 5.79. The maximum absolute atomic E-state index is 12.4. The third-order valence-corrected chi connectivity index (χ3v) is 4.89. The Morgan fingerprint density at radius 3 is 2.63 bits per heavy atom. The molecule has 0 aromatic heterocycles. The van der Waals surface area contributed by atoms with E-state index in [1.54, 1.807) is 30.3 Å². The molecule has 152 valence electrons. The van der Waals surface area contributed by atoms with Gasteiger partial charge in [-0.25, -0.2) is 0 Å². The van der Waals surface area contributed by atoms with E-state index in [-0.39, 0.29) is 18.4 Å². The van der Waals surface area contributed by atoms with E-state index >= 15 is 0 Å². The zero-order valence-electron chi connectivity index (χ0n) is 15.5.